The third-order valence-electron chi connectivity index (χ3n) is 3.23. The molecule has 0 fully saturated rings. The summed E-state index contributed by atoms with van der Waals surface area (Å²) in [6.07, 6.45) is 9.01. The molecular formula is C15H26N2. The lowest BCUT2D eigenvalue weighted by atomic mass is 10.0. The minimum absolute atomic E-state index is 0.168. The van der Waals surface area contributed by atoms with E-state index in [2.05, 4.69) is 6.92 Å². The average Bonchev–Trinajstić information content (AvgIpc) is 2.34. The first-order valence-corrected chi connectivity index (χ1v) is 6.85. The summed E-state index contributed by atoms with van der Waals surface area (Å²) >= 11 is 0. The van der Waals surface area contributed by atoms with Gasteiger partial charge in [0.05, 0.1) is 0 Å². The van der Waals surface area contributed by atoms with Gasteiger partial charge < -0.3 is 11.5 Å². The quantitative estimate of drug-likeness (QED) is 0.527. The van der Waals surface area contributed by atoms with Crippen LogP contribution in [0.1, 0.15) is 63.5 Å². The van der Waals surface area contributed by atoms with E-state index >= 15 is 0 Å². The first-order valence-electron chi connectivity index (χ1n) is 6.85. The number of hydrogen-bond donors (Lipinski definition) is 2. The Kier molecular flexibility index (Phi) is 6.71. The fraction of sp³-hybridized carbons (Fsp3) is 0.600. The summed E-state index contributed by atoms with van der Waals surface area (Å²) in [5.74, 6) is 0. The van der Waals surface area contributed by atoms with Crippen LogP contribution in [0.15, 0.2) is 24.3 Å². The lowest BCUT2D eigenvalue weighted by Crippen LogP contribution is -2.10. The van der Waals surface area contributed by atoms with Crippen molar-refractivity contribution < 1.29 is 0 Å². The van der Waals surface area contributed by atoms with Crippen molar-refractivity contribution in [1.82, 2.24) is 0 Å². The maximum absolute atomic E-state index is 6.15. The summed E-state index contributed by atoms with van der Waals surface area (Å²) < 4.78 is 0. The van der Waals surface area contributed by atoms with Gasteiger partial charge in [0.15, 0.2) is 0 Å². The highest BCUT2D eigenvalue weighted by molar-refractivity contribution is 5.40. The van der Waals surface area contributed by atoms with Gasteiger partial charge in [-0.25, -0.2) is 0 Å². The summed E-state index contributed by atoms with van der Waals surface area (Å²) in [4.78, 5) is 0. The fourth-order valence-electron chi connectivity index (χ4n) is 2.05. The molecule has 0 bridgehead atoms. The summed E-state index contributed by atoms with van der Waals surface area (Å²) in [5, 5.41) is 0. The molecule has 1 rings (SSSR count). The molecule has 2 nitrogen and oxygen atoms in total. The first-order chi connectivity index (χ1) is 8.24. The Labute approximate surface area is 105 Å². The smallest absolute Gasteiger partial charge is 0.0314 e. The molecule has 0 radical (unpaired) electrons. The van der Waals surface area contributed by atoms with Gasteiger partial charge in [-0.05, 0) is 24.1 Å². The van der Waals surface area contributed by atoms with Crippen molar-refractivity contribution in [2.75, 3.05) is 5.73 Å². The lowest BCUT2D eigenvalue weighted by Gasteiger charge is -2.12. The molecule has 0 aliphatic heterocycles. The van der Waals surface area contributed by atoms with Crippen LogP contribution in [0.2, 0.25) is 0 Å². The largest absolute Gasteiger partial charge is 0.399 e. The van der Waals surface area contributed by atoms with Crippen LogP contribution in [0.4, 0.5) is 5.69 Å². The molecule has 4 N–H and O–H groups in total. The predicted molar refractivity (Wildman–Crippen MR) is 75.8 cm³/mol. The normalized spacial score (nSPS) is 12.6. The molecule has 96 valence electrons. The van der Waals surface area contributed by atoms with Crippen molar-refractivity contribution in [1.29, 1.82) is 0 Å². The Bertz CT molecular complexity index is 292. The molecule has 1 atom stereocenters. The Hall–Kier alpha value is -1.02. The van der Waals surface area contributed by atoms with Gasteiger partial charge in [-0.1, -0.05) is 57.6 Å². The highest BCUT2D eigenvalue weighted by atomic mass is 14.6. The Morgan fingerprint density at radius 3 is 2.18 bits per heavy atom. The van der Waals surface area contributed by atoms with Gasteiger partial charge in [0.25, 0.3) is 0 Å². The summed E-state index contributed by atoms with van der Waals surface area (Å²) in [6.45, 7) is 2.25. The van der Waals surface area contributed by atoms with Crippen LogP contribution in [0.25, 0.3) is 0 Å². The van der Waals surface area contributed by atoms with E-state index in [1.54, 1.807) is 0 Å². The number of hydrogen-bond acceptors (Lipinski definition) is 2. The zero-order chi connectivity index (χ0) is 12.5. The van der Waals surface area contributed by atoms with E-state index < -0.39 is 0 Å². The van der Waals surface area contributed by atoms with E-state index in [1.807, 2.05) is 24.3 Å². The molecule has 2 heteroatoms. The molecule has 0 spiro atoms. The number of rotatable bonds is 8. The maximum atomic E-state index is 6.15. The Morgan fingerprint density at radius 1 is 0.941 bits per heavy atom. The third-order valence-corrected chi connectivity index (χ3v) is 3.23. The summed E-state index contributed by atoms with van der Waals surface area (Å²) in [6, 6.07) is 8.10. The van der Waals surface area contributed by atoms with Crippen molar-refractivity contribution in [3.8, 4) is 0 Å². The standard InChI is InChI=1S/C15H26N2/c1-2-3-4-5-6-7-8-15(17)13-9-11-14(16)12-10-13/h9-12,15H,2-8,16-17H2,1H3. The van der Waals surface area contributed by atoms with Gasteiger partial charge in [-0.15, -0.1) is 0 Å². The SMILES string of the molecule is CCCCCCCCC(N)c1ccc(N)cc1. The second-order valence-corrected chi connectivity index (χ2v) is 4.83. The van der Waals surface area contributed by atoms with E-state index in [1.165, 1.54) is 44.1 Å². The molecule has 17 heavy (non-hydrogen) atoms. The zero-order valence-corrected chi connectivity index (χ0v) is 11.0. The van der Waals surface area contributed by atoms with Gasteiger partial charge in [0, 0.05) is 11.7 Å². The fourth-order valence-corrected chi connectivity index (χ4v) is 2.05. The lowest BCUT2D eigenvalue weighted by molar-refractivity contribution is 0.547. The molecule has 0 heterocycles. The molecule has 0 saturated carbocycles. The molecule has 1 aromatic rings. The van der Waals surface area contributed by atoms with Gasteiger partial charge in [-0.3, -0.25) is 0 Å². The van der Waals surface area contributed by atoms with E-state index in [0.29, 0.717) is 0 Å². The predicted octanol–water partition coefficient (Wildman–Crippen LogP) is 4.02. The van der Waals surface area contributed by atoms with Crippen molar-refractivity contribution in [2.24, 2.45) is 5.73 Å². The molecule has 0 saturated heterocycles. The second-order valence-electron chi connectivity index (χ2n) is 4.83. The molecule has 1 unspecified atom stereocenters. The number of anilines is 1. The van der Waals surface area contributed by atoms with Gasteiger partial charge in [0.2, 0.25) is 0 Å². The van der Waals surface area contributed by atoms with Crippen LogP contribution in [0.3, 0.4) is 0 Å². The van der Waals surface area contributed by atoms with Crippen molar-refractivity contribution in [3.05, 3.63) is 29.8 Å². The van der Waals surface area contributed by atoms with Crippen LogP contribution in [-0.4, -0.2) is 0 Å². The van der Waals surface area contributed by atoms with Crippen LogP contribution < -0.4 is 11.5 Å². The van der Waals surface area contributed by atoms with Crippen LogP contribution >= 0.6 is 0 Å². The highest BCUT2D eigenvalue weighted by Crippen LogP contribution is 2.19. The molecule has 0 aromatic heterocycles. The van der Waals surface area contributed by atoms with E-state index in [4.69, 9.17) is 11.5 Å². The number of unbranched alkanes of at least 4 members (excludes halogenated alkanes) is 5. The minimum Gasteiger partial charge on any atom is -0.399 e. The van der Waals surface area contributed by atoms with Crippen molar-refractivity contribution in [3.63, 3.8) is 0 Å². The van der Waals surface area contributed by atoms with Gasteiger partial charge in [-0.2, -0.15) is 0 Å². The van der Waals surface area contributed by atoms with E-state index in [0.717, 1.165) is 12.1 Å². The van der Waals surface area contributed by atoms with Gasteiger partial charge in [0.1, 0.15) is 0 Å². The molecular weight excluding hydrogens is 208 g/mol. The first kappa shape index (κ1) is 14.0. The maximum Gasteiger partial charge on any atom is 0.0314 e. The van der Waals surface area contributed by atoms with Crippen molar-refractivity contribution in [2.45, 2.75) is 57.9 Å². The topological polar surface area (TPSA) is 52.0 Å². The molecule has 0 amide bonds. The Balaban J connectivity index is 2.16. The average molecular weight is 234 g/mol. The molecule has 0 aliphatic carbocycles. The van der Waals surface area contributed by atoms with Crippen LogP contribution in [-0.2, 0) is 0 Å². The van der Waals surface area contributed by atoms with Crippen molar-refractivity contribution >= 4 is 5.69 Å². The number of nitrogen functional groups attached to an aromatic ring is 1. The highest BCUT2D eigenvalue weighted by Gasteiger charge is 2.04. The number of benzene rings is 1. The second kappa shape index (κ2) is 8.13. The van der Waals surface area contributed by atoms with E-state index in [9.17, 15) is 0 Å². The molecule has 0 aliphatic rings. The van der Waals surface area contributed by atoms with E-state index in [-0.39, 0.29) is 6.04 Å². The van der Waals surface area contributed by atoms with Crippen LogP contribution in [0.5, 0.6) is 0 Å². The minimum atomic E-state index is 0.168. The molecule has 1 aromatic carbocycles. The number of nitrogens with two attached hydrogens (primary N) is 2. The van der Waals surface area contributed by atoms with Crippen LogP contribution in [0, 0.1) is 0 Å². The third kappa shape index (κ3) is 5.73. The summed E-state index contributed by atoms with van der Waals surface area (Å²) in [5.41, 5.74) is 13.8. The Morgan fingerprint density at radius 2 is 1.53 bits per heavy atom. The summed E-state index contributed by atoms with van der Waals surface area (Å²) in [7, 11) is 0. The monoisotopic (exact) mass is 234 g/mol. The zero-order valence-electron chi connectivity index (χ0n) is 11.0. The van der Waals surface area contributed by atoms with Gasteiger partial charge >= 0.3 is 0 Å².